The van der Waals surface area contributed by atoms with Crippen LogP contribution < -0.4 is 10.6 Å². The Kier molecular flexibility index (Phi) is 3.37. The molecule has 0 spiro atoms. The molecule has 1 heterocycles. The number of nitrogen functional groups attached to an aromatic ring is 1. The molecule has 88 valence electrons. The van der Waals surface area contributed by atoms with Crippen LogP contribution in [0, 0.1) is 12.8 Å². The zero-order valence-corrected chi connectivity index (χ0v) is 10.4. The summed E-state index contributed by atoms with van der Waals surface area (Å²) in [4.78, 5) is 2.50. The third-order valence-electron chi connectivity index (χ3n) is 3.59. The highest BCUT2D eigenvalue weighted by Crippen LogP contribution is 2.26. The van der Waals surface area contributed by atoms with E-state index < -0.39 is 0 Å². The number of aryl methyl sites for hydroxylation is 1. The van der Waals surface area contributed by atoms with Crippen molar-refractivity contribution in [2.24, 2.45) is 5.92 Å². The van der Waals surface area contributed by atoms with Gasteiger partial charge in [0.25, 0.3) is 0 Å². The number of nitrogens with two attached hydrogens (primary N) is 1. The molecule has 2 N–H and O–H groups in total. The van der Waals surface area contributed by atoms with Crippen LogP contribution in [0.25, 0.3) is 0 Å². The van der Waals surface area contributed by atoms with E-state index in [2.05, 4.69) is 30.9 Å². The van der Waals surface area contributed by atoms with E-state index >= 15 is 0 Å². The summed E-state index contributed by atoms with van der Waals surface area (Å²) in [5.74, 6) is 0.867. The van der Waals surface area contributed by atoms with Crippen molar-refractivity contribution >= 4 is 11.4 Å². The van der Waals surface area contributed by atoms with Crippen LogP contribution in [0.3, 0.4) is 0 Å². The predicted molar refractivity (Wildman–Crippen MR) is 70.8 cm³/mol. The van der Waals surface area contributed by atoms with Gasteiger partial charge in [0.1, 0.15) is 0 Å². The van der Waals surface area contributed by atoms with Crippen LogP contribution in [-0.4, -0.2) is 13.1 Å². The van der Waals surface area contributed by atoms with Gasteiger partial charge in [-0.2, -0.15) is 0 Å². The van der Waals surface area contributed by atoms with E-state index in [4.69, 9.17) is 5.73 Å². The lowest BCUT2D eigenvalue weighted by Gasteiger charge is -2.25. The van der Waals surface area contributed by atoms with Crippen molar-refractivity contribution in [1.29, 1.82) is 0 Å². The number of hydrogen-bond donors (Lipinski definition) is 1. The Balaban J connectivity index is 2.19. The summed E-state index contributed by atoms with van der Waals surface area (Å²) in [6.45, 7) is 6.87. The molecule has 0 amide bonds. The highest BCUT2D eigenvalue weighted by Gasteiger charge is 2.15. The van der Waals surface area contributed by atoms with Crippen molar-refractivity contribution in [3.63, 3.8) is 0 Å². The summed E-state index contributed by atoms with van der Waals surface area (Å²) in [6.07, 6.45) is 3.96. The molecule has 0 aromatic heterocycles. The summed E-state index contributed by atoms with van der Waals surface area (Å²) < 4.78 is 0. The van der Waals surface area contributed by atoms with Gasteiger partial charge in [0.15, 0.2) is 0 Å². The van der Waals surface area contributed by atoms with Crippen LogP contribution in [0.2, 0.25) is 0 Å². The van der Waals surface area contributed by atoms with Crippen molar-refractivity contribution in [1.82, 2.24) is 0 Å². The van der Waals surface area contributed by atoms with Crippen LogP contribution in [-0.2, 0) is 0 Å². The van der Waals surface area contributed by atoms with Crippen molar-refractivity contribution in [2.75, 3.05) is 23.7 Å². The van der Waals surface area contributed by atoms with Gasteiger partial charge in [-0.3, -0.25) is 0 Å². The highest BCUT2D eigenvalue weighted by molar-refractivity contribution is 5.60. The maximum atomic E-state index is 5.87. The lowest BCUT2D eigenvalue weighted by Crippen LogP contribution is -2.25. The van der Waals surface area contributed by atoms with Crippen molar-refractivity contribution in [3.05, 3.63) is 23.8 Å². The zero-order chi connectivity index (χ0) is 11.5. The average molecular weight is 218 g/mol. The van der Waals surface area contributed by atoms with Crippen LogP contribution in [0.4, 0.5) is 11.4 Å². The van der Waals surface area contributed by atoms with E-state index in [1.165, 1.54) is 43.6 Å². The molecule has 1 aliphatic rings. The summed E-state index contributed by atoms with van der Waals surface area (Å²) in [6, 6.07) is 6.23. The molecule has 0 aliphatic carbocycles. The molecule has 1 unspecified atom stereocenters. The summed E-state index contributed by atoms with van der Waals surface area (Å²) >= 11 is 0. The summed E-state index contributed by atoms with van der Waals surface area (Å²) in [5.41, 5.74) is 9.41. The first-order valence-electron chi connectivity index (χ1n) is 6.28. The number of rotatable bonds is 1. The van der Waals surface area contributed by atoms with Gasteiger partial charge >= 0.3 is 0 Å². The molecule has 2 nitrogen and oxygen atoms in total. The van der Waals surface area contributed by atoms with Crippen LogP contribution in [0.15, 0.2) is 18.2 Å². The minimum absolute atomic E-state index is 0.867. The van der Waals surface area contributed by atoms with Gasteiger partial charge in [0, 0.05) is 24.5 Å². The molecule has 0 radical (unpaired) electrons. The van der Waals surface area contributed by atoms with E-state index in [1.54, 1.807) is 0 Å². The summed E-state index contributed by atoms with van der Waals surface area (Å²) in [7, 11) is 0. The standard InChI is InChI=1S/C14H22N2/c1-11-4-3-8-16(9-7-11)14-10-13(15)6-5-12(14)2/h5-6,10-11H,3-4,7-9,15H2,1-2H3. The predicted octanol–water partition coefficient (Wildman–Crippen LogP) is 3.20. The Bertz CT molecular complexity index is 360. The smallest absolute Gasteiger partial charge is 0.0416 e. The van der Waals surface area contributed by atoms with Crippen LogP contribution >= 0.6 is 0 Å². The van der Waals surface area contributed by atoms with Gasteiger partial charge in [-0.25, -0.2) is 0 Å². The number of nitrogens with zero attached hydrogens (tertiary/aromatic N) is 1. The third kappa shape index (κ3) is 2.49. The Hall–Kier alpha value is -1.18. The zero-order valence-electron chi connectivity index (χ0n) is 10.4. The highest BCUT2D eigenvalue weighted by atomic mass is 15.1. The van der Waals surface area contributed by atoms with Crippen LogP contribution in [0.1, 0.15) is 31.7 Å². The minimum atomic E-state index is 0.867. The minimum Gasteiger partial charge on any atom is -0.399 e. The second-order valence-electron chi connectivity index (χ2n) is 5.07. The van der Waals surface area contributed by atoms with Crippen molar-refractivity contribution in [3.8, 4) is 0 Å². The average Bonchev–Trinajstić information content (AvgIpc) is 2.47. The topological polar surface area (TPSA) is 29.3 Å². The molecule has 1 atom stereocenters. The number of hydrogen-bond acceptors (Lipinski definition) is 2. The van der Waals surface area contributed by atoms with Gasteiger partial charge in [-0.15, -0.1) is 0 Å². The Morgan fingerprint density at radius 2 is 2.06 bits per heavy atom. The summed E-state index contributed by atoms with van der Waals surface area (Å²) in [5, 5.41) is 0. The molecule has 16 heavy (non-hydrogen) atoms. The monoisotopic (exact) mass is 218 g/mol. The fourth-order valence-electron chi connectivity index (χ4n) is 2.47. The van der Waals surface area contributed by atoms with E-state index in [0.717, 1.165) is 11.6 Å². The van der Waals surface area contributed by atoms with Gasteiger partial charge in [0.2, 0.25) is 0 Å². The van der Waals surface area contributed by atoms with Crippen molar-refractivity contribution in [2.45, 2.75) is 33.1 Å². The molecule has 1 aromatic rings. The molecule has 0 saturated carbocycles. The largest absolute Gasteiger partial charge is 0.399 e. The molecule has 1 aromatic carbocycles. The second-order valence-corrected chi connectivity index (χ2v) is 5.07. The second kappa shape index (κ2) is 4.77. The molecule has 2 heteroatoms. The lowest BCUT2D eigenvalue weighted by molar-refractivity contribution is 0.521. The number of benzene rings is 1. The number of anilines is 2. The van der Waals surface area contributed by atoms with E-state index in [0.29, 0.717) is 0 Å². The molecule has 1 aliphatic heterocycles. The first-order chi connectivity index (χ1) is 7.66. The molecule has 1 saturated heterocycles. The fraction of sp³-hybridized carbons (Fsp3) is 0.571. The van der Waals surface area contributed by atoms with E-state index in [9.17, 15) is 0 Å². The fourth-order valence-corrected chi connectivity index (χ4v) is 2.47. The quantitative estimate of drug-likeness (QED) is 0.733. The van der Waals surface area contributed by atoms with Gasteiger partial charge in [-0.1, -0.05) is 13.0 Å². The normalized spacial score (nSPS) is 21.9. The van der Waals surface area contributed by atoms with Gasteiger partial charge in [-0.05, 0) is 49.8 Å². The molecular formula is C14H22N2. The van der Waals surface area contributed by atoms with Crippen molar-refractivity contribution < 1.29 is 0 Å². The maximum absolute atomic E-state index is 5.87. The first kappa shape index (κ1) is 11.3. The molecular weight excluding hydrogens is 196 g/mol. The maximum Gasteiger partial charge on any atom is 0.0416 e. The van der Waals surface area contributed by atoms with E-state index in [-0.39, 0.29) is 0 Å². The van der Waals surface area contributed by atoms with Gasteiger partial charge in [0.05, 0.1) is 0 Å². The van der Waals surface area contributed by atoms with E-state index in [1.807, 2.05) is 6.07 Å². The van der Waals surface area contributed by atoms with Gasteiger partial charge < -0.3 is 10.6 Å². The first-order valence-corrected chi connectivity index (χ1v) is 6.28. The molecule has 0 bridgehead atoms. The third-order valence-corrected chi connectivity index (χ3v) is 3.59. The molecule has 2 rings (SSSR count). The Morgan fingerprint density at radius 3 is 2.88 bits per heavy atom. The Labute approximate surface area is 98.4 Å². The molecule has 1 fully saturated rings. The SMILES string of the molecule is Cc1ccc(N)cc1N1CCCC(C)CC1. The van der Waals surface area contributed by atoms with Crippen LogP contribution in [0.5, 0.6) is 0 Å². The lowest BCUT2D eigenvalue weighted by atomic mass is 10.0. The Morgan fingerprint density at radius 1 is 1.25 bits per heavy atom.